The first kappa shape index (κ1) is 15.3. The average molecular weight is 290 g/mol. The quantitative estimate of drug-likeness (QED) is 0.853. The Bertz CT molecular complexity index is 595. The molecule has 1 unspecified atom stereocenters. The van der Waals surface area contributed by atoms with Gasteiger partial charge in [0.15, 0.2) is 17.3 Å². The fraction of sp³-hybridized carbons (Fsp3) is 0.467. The molecule has 0 spiro atoms. The summed E-state index contributed by atoms with van der Waals surface area (Å²) in [7, 11) is 1.61. The van der Waals surface area contributed by atoms with Crippen LogP contribution in [-0.4, -0.2) is 28.9 Å². The number of benzene rings is 1. The number of nitrogens with two attached hydrogens (primary N) is 1. The summed E-state index contributed by atoms with van der Waals surface area (Å²) in [6.07, 6.45) is 0. The van der Waals surface area contributed by atoms with Crippen molar-refractivity contribution >= 4 is 0 Å². The lowest BCUT2D eigenvalue weighted by Crippen LogP contribution is -2.14. The lowest BCUT2D eigenvalue weighted by atomic mass is 10.1. The Morgan fingerprint density at radius 1 is 1.29 bits per heavy atom. The van der Waals surface area contributed by atoms with Gasteiger partial charge in [-0.25, -0.2) is 4.98 Å². The van der Waals surface area contributed by atoms with E-state index in [1.165, 1.54) is 0 Å². The minimum atomic E-state index is -0.380. The van der Waals surface area contributed by atoms with Crippen molar-refractivity contribution in [2.45, 2.75) is 32.7 Å². The van der Waals surface area contributed by atoms with Crippen LogP contribution in [0.25, 0.3) is 0 Å². The van der Waals surface area contributed by atoms with Crippen molar-refractivity contribution in [2.75, 3.05) is 13.7 Å². The lowest BCUT2D eigenvalue weighted by Gasteiger charge is -2.13. The van der Waals surface area contributed by atoms with Gasteiger partial charge >= 0.3 is 0 Å². The zero-order valence-corrected chi connectivity index (χ0v) is 12.9. The second-order valence-electron chi connectivity index (χ2n) is 5.05. The van der Waals surface area contributed by atoms with Gasteiger partial charge < -0.3 is 15.2 Å². The zero-order valence-electron chi connectivity index (χ0n) is 12.9. The highest BCUT2D eigenvalue weighted by Gasteiger charge is 2.17. The largest absolute Gasteiger partial charge is 0.493 e. The standard InChI is InChI=1S/C15H22N4O2/c1-5-21-11-7-6-10(8-12(11)20-4)13(16)15-17-14(9(2)3)18-19-15/h6-9,13H,5,16H2,1-4H3,(H,17,18,19). The van der Waals surface area contributed by atoms with E-state index >= 15 is 0 Å². The van der Waals surface area contributed by atoms with Crippen LogP contribution in [0.5, 0.6) is 11.5 Å². The Balaban J connectivity index is 2.27. The number of aromatic nitrogens is 3. The van der Waals surface area contributed by atoms with Crippen LogP contribution in [-0.2, 0) is 0 Å². The van der Waals surface area contributed by atoms with Gasteiger partial charge in [-0.05, 0) is 24.6 Å². The predicted molar refractivity (Wildman–Crippen MR) is 80.7 cm³/mol. The first-order valence-corrected chi connectivity index (χ1v) is 7.05. The molecular weight excluding hydrogens is 268 g/mol. The summed E-state index contributed by atoms with van der Waals surface area (Å²) in [5.74, 6) is 3.03. The van der Waals surface area contributed by atoms with Gasteiger partial charge in [0.2, 0.25) is 0 Å². The summed E-state index contributed by atoms with van der Waals surface area (Å²) >= 11 is 0. The van der Waals surface area contributed by atoms with E-state index in [2.05, 4.69) is 15.2 Å². The topological polar surface area (TPSA) is 86.0 Å². The number of nitrogens with one attached hydrogen (secondary N) is 1. The molecule has 0 fully saturated rings. The highest BCUT2D eigenvalue weighted by Crippen LogP contribution is 2.31. The van der Waals surface area contributed by atoms with E-state index in [1.54, 1.807) is 7.11 Å². The van der Waals surface area contributed by atoms with Gasteiger partial charge in [0.1, 0.15) is 5.82 Å². The first-order valence-electron chi connectivity index (χ1n) is 7.05. The fourth-order valence-electron chi connectivity index (χ4n) is 2.00. The van der Waals surface area contributed by atoms with Gasteiger partial charge in [-0.15, -0.1) is 0 Å². The second-order valence-corrected chi connectivity index (χ2v) is 5.05. The number of hydrogen-bond donors (Lipinski definition) is 2. The molecule has 2 aromatic rings. The Kier molecular flexibility index (Phi) is 4.80. The normalized spacial score (nSPS) is 12.5. The van der Waals surface area contributed by atoms with E-state index in [4.69, 9.17) is 15.2 Å². The molecule has 0 aliphatic carbocycles. The summed E-state index contributed by atoms with van der Waals surface area (Å²) in [5.41, 5.74) is 7.14. The summed E-state index contributed by atoms with van der Waals surface area (Å²) in [4.78, 5) is 4.44. The van der Waals surface area contributed by atoms with E-state index in [1.807, 2.05) is 39.0 Å². The summed E-state index contributed by atoms with van der Waals surface area (Å²) in [6, 6.07) is 5.26. The first-order chi connectivity index (χ1) is 10.1. The number of aromatic amines is 1. The maximum Gasteiger partial charge on any atom is 0.161 e. The Hall–Kier alpha value is -2.08. The number of nitrogens with zero attached hydrogens (tertiary/aromatic N) is 2. The lowest BCUT2D eigenvalue weighted by molar-refractivity contribution is 0.310. The molecule has 6 nitrogen and oxygen atoms in total. The van der Waals surface area contributed by atoms with Gasteiger partial charge in [0.05, 0.1) is 19.8 Å². The van der Waals surface area contributed by atoms with Crippen molar-refractivity contribution < 1.29 is 9.47 Å². The molecular formula is C15H22N4O2. The molecule has 0 amide bonds. The van der Waals surface area contributed by atoms with E-state index < -0.39 is 0 Å². The molecule has 0 aliphatic rings. The van der Waals surface area contributed by atoms with Crippen LogP contribution in [0, 0.1) is 0 Å². The molecule has 1 heterocycles. The number of methoxy groups -OCH3 is 1. The van der Waals surface area contributed by atoms with E-state index in [0.29, 0.717) is 23.9 Å². The second kappa shape index (κ2) is 6.58. The molecule has 2 rings (SSSR count). The van der Waals surface area contributed by atoms with E-state index in [9.17, 15) is 0 Å². The molecule has 1 aromatic heterocycles. The van der Waals surface area contributed by atoms with Gasteiger partial charge in [0.25, 0.3) is 0 Å². The van der Waals surface area contributed by atoms with Crippen LogP contribution in [0.3, 0.4) is 0 Å². The average Bonchev–Trinajstić information content (AvgIpc) is 2.97. The van der Waals surface area contributed by atoms with Crippen LogP contribution < -0.4 is 15.2 Å². The number of ether oxygens (including phenoxy) is 2. The molecule has 0 aliphatic heterocycles. The molecule has 0 saturated heterocycles. The minimum absolute atomic E-state index is 0.261. The molecule has 3 N–H and O–H groups in total. The highest BCUT2D eigenvalue weighted by atomic mass is 16.5. The fourth-order valence-corrected chi connectivity index (χ4v) is 2.00. The third-order valence-corrected chi connectivity index (χ3v) is 3.18. The van der Waals surface area contributed by atoms with E-state index in [0.717, 1.165) is 11.4 Å². The minimum Gasteiger partial charge on any atom is -0.493 e. The van der Waals surface area contributed by atoms with Gasteiger partial charge in [-0.2, -0.15) is 5.10 Å². The summed E-state index contributed by atoms with van der Waals surface area (Å²) in [6.45, 7) is 6.60. The smallest absolute Gasteiger partial charge is 0.161 e. The molecule has 114 valence electrons. The molecule has 1 atom stereocenters. The molecule has 21 heavy (non-hydrogen) atoms. The predicted octanol–water partition coefficient (Wildman–Crippen LogP) is 2.38. The highest BCUT2D eigenvalue weighted by molar-refractivity contribution is 5.44. The Labute approximate surface area is 124 Å². The number of H-pyrrole nitrogens is 1. The maximum absolute atomic E-state index is 6.25. The van der Waals surface area contributed by atoms with Crippen molar-refractivity contribution in [3.05, 3.63) is 35.4 Å². The molecule has 0 saturated carbocycles. The molecule has 1 aromatic carbocycles. The Morgan fingerprint density at radius 3 is 2.62 bits per heavy atom. The SMILES string of the molecule is CCOc1ccc(C(N)c2nc(C(C)C)n[nH]2)cc1OC. The van der Waals surface area contributed by atoms with Crippen LogP contribution in [0.15, 0.2) is 18.2 Å². The van der Waals surface area contributed by atoms with E-state index in [-0.39, 0.29) is 12.0 Å². The van der Waals surface area contributed by atoms with Crippen molar-refractivity contribution in [1.82, 2.24) is 15.2 Å². The van der Waals surface area contributed by atoms with Crippen LogP contribution in [0.1, 0.15) is 49.9 Å². The van der Waals surface area contributed by atoms with Gasteiger partial charge in [-0.1, -0.05) is 19.9 Å². The zero-order chi connectivity index (χ0) is 15.4. The molecule has 0 radical (unpaired) electrons. The molecule has 0 bridgehead atoms. The van der Waals surface area contributed by atoms with Crippen LogP contribution >= 0.6 is 0 Å². The third-order valence-electron chi connectivity index (χ3n) is 3.18. The molecule has 6 heteroatoms. The van der Waals surface area contributed by atoms with Crippen LogP contribution in [0.2, 0.25) is 0 Å². The third kappa shape index (κ3) is 3.33. The van der Waals surface area contributed by atoms with Crippen molar-refractivity contribution in [3.8, 4) is 11.5 Å². The summed E-state index contributed by atoms with van der Waals surface area (Å²) < 4.78 is 10.8. The van der Waals surface area contributed by atoms with Crippen molar-refractivity contribution in [1.29, 1.82) is 0 Å². The van der Waals surface area contributed by atoms with Gasteiger partial charge in [-0.3, -0.25) is 5.10 Å². The van der Waals surface area contributed by atoms with Crippen molar-refractivity contribution in [2.24, 2.45) is 5.73 Å². The number of hydrogen-bond acceptors (Lipinski definition) is 5. The summed E-state index contributed by atoms with van der Waals surface area (Å²) in [5, 5.41) is 7.08. The number of rotatable bonds is 6. The maximum atomic E-state index is 6.25. The Morgan fingerprint density at radius 2 is 2.05 bits per heavy atom. The monoisotopic (exact) mass is 290 g/mol. The van der Waals surface area contributed by atoms with Crippen LogP contribution in [0.4, 0.5) is 0 Å². The van der Waals surface area contributed by atoms with Crippen molar-refractivity contribution in [3.63, 3.8) is 0 Å². The van der Waals surface area contributed by atoms with Gasteiger partial charge in [0, 0.05) is 5.92 Å².